The van der Waals surface area contributed by atoms with Crippen molar-refractivity contribution in [2.24, 2.45) is 0 Å². The first-order valence-corrected chi connectivity index (χ1v) is 12.5. The zero-order valence-corrected chi connectivity index (χ0v) is 20.7. The second-order valence-corrected chi connectivity index (χ2v) is 10.0. The van der Waals surface area contributed by atoms with Gasteiger partial charge in [-0.05, 0) is 49.2 Å². The monoisotopic (exact) mass is 502 g/mol. The maximum atomic E-state index is 13.3. The Morgan fingerprint density at radius 2 is 1.81 bits per heavy atom. The largest absolute Gasteiger partial charge is 0.322 e. The number of aromatic nitrogens is 3. The van der Waals surface area contributed by atoms with Crippen LogP contribution in [0.2, 0.25) is 0 Å². The van der Waals surface area contributed by atoms with Crippen molar-refractivity contribution in [2.45, 2.75) is 38.8 Å². The molecule has 0 unspecified atom stereocenters. The third kappa shape index (κ3) is 4.44. The highest BCUT2D eigenvalue weighted by Gasteiger charge is 2.41. The number of rotatable bonds is 5. The number of alkyl halides is 2. The first-order valence-electron chi connectivity index (χ1n) is 12.5. The number of nitrogens with zero attached hydrogens (tertiary/aromatic N) is 4. The van der Waals surface area contributed by atoms with Crippen LogP contribution in [0.3, 0.4) is 0 Å². The van der Waals surface area contributed by atoms with E-state index in [1.807, 2.05) is 62.4 Å². The molecule has 2 amide bonds. The van der Waals surface area contributed by atoms with Crippen LogP contribution in [0.1, 0.15) is 28.4 Å². The van der Waals surface area contributed by atoms with Gasteiger partial charge in [-0.15, -0.1) is 0 Å². The molecular formula is C28H28F2N6O. The number of fused-ring (bicyclic) bond motifs is 2. The van der Waals surface area contributed by atoms with Gasteiger partial charge in [0.2, 0.25) is 0 Å². The van der Waals surface area contributed by atoms with Gasteiger partial charge in [0.25, 0.3) is 6.43 Å². The van der Waals surface area contributed by atoms with Crippen LogP contribution in [-0.4, -0.2) is 63.1 Å². The van der Waals surface area contributed by atoms with Crippen LogP contribution < -0.4 is 5.32 Å². The zero-order valence-electron chi connectivity index (χ0n) is 20.7. The number of pyridine rings is 1. The number of carbonyl (C=O) groups is 1. The Kier molecular flexibility index (Phi) is 5.87. The summed E-state index contributed by atoms with van der Waals surface area (Å²) in [7, 11) is 0. The molecular weight excluding hydrogens is 474 g/mol. The van der Waals surface area contributed by atoms with E-state index in [-0.39, 0.29) is 24.5 Å². The van der Waals surface area contributed by atoms with Crippen molar-refractivity contribution >= 4 is 22.6 Å². The van der Waals surface area contributed by atoms with Gasteiger partial charge in [0.15, 0.2) is 0 Å². The van der Waals surface area contributed by atoms with Gasteiger partial charge >= 0.3 is 6.03 Å². The quantitative estimate of drug-likeness (QED) is 0.387. The van der Waals surface area contributed by atoms with E-state index in [2.05, 4.69) is 26.6 Å². The molecule has 37 heavy (non-hydrogen) atoms. The molecule has 0 aliphatic carbocycles. The number of aromatic amines is 1. The molecule has 1 fully saturated rings. The van der Waals surface area contributed by atoms with Gasteiger partial charge in [-0.3, -0.25) is 15.0 Å². The summed E-state index contributed by atoms with van der Waals surface area (Å²) >= 11 is 0. The van der Waals surface area contributed by atoms with Crippen LogP contribution in [0, 0.1) is 13.8 Å². The summed E-state index contributed by atoms with van der Waals surface area (Å²) in [5, 5.41) is 11.7. The number of anilines is 1. The SMILES string of the molecule is Cc1cc(-c2n[nH]c3cc4c(cc23)CN([C@H]2CN(CC(F)F)C[C@@H]2c2ccccc2)C(=O)N4)cc(C)n1. The maximum absolute atomic E-state index is 13.3. The summed E-state index contributed by atoms with van der Waals surface area (Å²) in [5.74, 6) is -0.0526. The number of benzene rings is 2. The lowest BCUT2D eigenvalue weighted by Gasteiger charge is -2.36. The number of H-pyrrole nitrogens is 1. The lowest BCUT2D eigenvalue weighted by molar-refractivity contribution is 0.0954. The molecule has 6 rings (SSSR count). The molecule has 4 aromatic rings. The lowest BCUT2D eigenvalue weighted by atomic mass is 9.92. The highest BCUT2D eigenvalue weighted by Crippen LogP contribution is 2.38. The molecule has 190 valence electrons. The smallest absolute Gasteiger partial charge is 0.315 e. The first kappa shape index (κ1) is 23.5. The van der Waals surface area contributed by atoms with Crippen molar-refractivity contribution in [1.29, 1.82) is 0 Å². The molecule has 0 radical (unpaired) electrons. The van der Waals surface area contributed by atoms with E-state index in [1.165, 1.54) is 0 Å². The summed E-state index contributed by atoms with van der Waals surface area (Å²) in [4.78, 5) is 21.3. The standard InChI is InChI=1S/C28H28F2N6O/c1-16-8-19(9-17(2)31-16)27-21-10-20-12-36(28(37)32-23(20)11-24(21)33-34-27)25-14-35(15-26(29)30)13-22(25)18-6-4-3-5-7-18/h3-11,22,25-26H,12-15H2,1-2H3,(H,32,37)(H,33,34)/t22-,25+/m1/s1. The predicted molar refractivity (Wildman–Crippen MR) is 139 cm³/mol. The maximum Gasteiger partial charge on any atom is 0.322 e. The first-order chi connectivity index (χ1) is 17.9. The number of nitrogens with one attached hydrogen (secondary N) is 2. The van der Waals surface area contributed by atoms with Crippen molar-refractivity contribution < 1.29 is 13.6 Å². The highest BCUT2D eigenvalue weighted by atomic mass is 19.3. The number of hydrogen-bond acceptors (Lipinski definition) is 4. The zero-order chi connectivity index (χ0) is 25.7. The summed E-state index contributed by atoms with van der Waals surface area (Å²) in [6, 6.07) is 17.4. The van der Waals surface area contributed by atoms with Crippen molar-refractivity contribution in [3.8, 4) is 11.3 Å². The summed E-state index contributed by atoms with van der Waals surface area (Å²) < 4.78 is 26.5. The van der Waals surface area contributed by atoms with E-state index in [4.69, 9.17) is 0 Å². The normalized spacial score (nSPS) is 20.0. The number of halogens is 2. The Morgan fingerprint density at radius 1 is 1.05 bits per heavy atom. The van der Waals surface area contributed by atoms with Crippen molar-refractivity contribution in [3.63, 3.8) is 0 Å². The van der Waals surface area contributed by atoms with Gasteiger partial charge in [-0.1, -0.05) is 30.3 Å². The minimum Gasteiger partial charge on any atom is -0.315 e. The van der Waals surface area contributed by atoms with E-state index in [0.29, 0.717) is 19.6 Å². The van der Waals surface area contributed by atoms with Gasteiger partial charge in [-0.25, -0.2) is 13.6 Å². The molecule has 2 aromatic heterocycles. The van der Waals surface area contributed by atoms with Gasteiger partial charge in [-0.2, -0.15) is 5.10 Å². The van der Waals surface area contributed by atoms with Crippen molar-refractivity contribution in [3.05, 3.63) is 77.1 Å². The van der Waals surface area contributed by atoms with E-state index < -0.39 is 6.43 Å². The summed E-state index contributed by atoms with van der Waals surface area (Å²) in [6.45, 7) is 4.91. The van der Waals surface area contributed by atoms with Gasteiger partial charge in [0.05, 0.1) is 18.1 Å². The fourth-order valence-corrected chi connectivity index (χ4v) is 5.81. The van der Waals surface area contributed by atoms with Crippen LogP contribution in [0.4, 0.5) is 19.3 Å². The Morgan fingerprint density at radius 3 is 2.54 bits per heavy atom. The predicted octanol–water partition coefficient (Wildman–Crippen LogP) is 5.32. The second kappa shape index (κ2) is 9.23. The molecule has 0 bridgehead atoms. The molecule has 2 aliphatic heterocycles. The molecule has 2 aromatic carbocycles. The minimum absolute atomic E-state index is 0.0526. The van der Waals surface area contributed by atoms with Crippen LogP contribution in [-0.2, 0) is 6.54 Å². The molecule has 2 atom stereocenters. The van der Waals surface area contributed by atoms with Gasteiger partial charge in [0.1, 0.15) is 5.69 Å². The minimum atomic E-state index is -2.42. The molecule has 1 saturated heterocycles. The van der Waals surface area contributed by atoms with Gasteiger partial charge < -0.3 is 10.2 Å². The van der Waals surface area contributed by atoms with Gasteiger partial charge in [0, 0.05) is 53.6 Å². The summed E-state index contributed by atoms with van der Waals surface area (Å²) in [5.41, 5.74) is 7.25. The van der Waals surface area contributed by atoms with Crippen LogP contribution in [0.5, 0.6) is 0 Å². The Labute approximate surface area is 213 Å². The molecule has 2 N–H and O–H groups in total. The van der Waals surface area contributed by atoms with Crippen LogP contribution in [0.25, 0.3) is 22.2 Å². The van der Waals surface area contributed by atoms with Crippen LogP contribution in [0.15, 0.2) is 54.6 Å². The second-order valence-electron chi connectivity index (χ2n) is 10.0. The Hall–Kier alpha value is -3.85. The number of likely N-dealkylation sites (tertiary alicyclic amines) is 1. The van der Waals surface area contributed by atoms with Crippen LogP contribution >= 0.6 is 0 Å². The topological polar surface area (TPSA) is 77.2 Å². The third-order valence-electron chi connectivity index (χ3n) is 7.37. The molecule has 7 nitrogen and oxygen atoms in total. The molecule has 2 aliphatic rings. The van der Waals surface area contributed by atoms with E-state index >= 15 is 0 Å². The van der Waals surface area contributed by atoms with E-state index in [1.54, 1.807) is 9.80 Å². The number of carbonyl (C=O) groups excluding carboxylic acids is 1. The Balaban J connectivity index is 1.36. The number of hydrogen-bond donors (Lipinski definition) is 2. The van der Waals surface area contributed by atoms with Crippen molar-refractivity contribution in [2.75, 3.05) is 25.0 Å². The average molecular weight is 503 g/mol. The Bertz CT molecular complexity index is 1450. The number of aryl methyl sites for hydroxylation is 2. The number of amides is 2. The highest BCUT2D eigenvalue weighted by molar-refractivity contribution is 6.00. The molecule has 9 heteroatoms. The van der Waals surface area contributed by atoms with E-state index in [9.17, 15) is 13.6 Å². The molecule has 0 spiro atoms. The fraction of sp³-hybridized carbons (Fsp3) is 0.321. The number of urea groups is 1. The van der Waals surface area contributed by atoms with E-state index in [0.717, 1.165) is 50.4 Å². The third-order valence-corrected chi connectivity index (χ3v) is 7.37. The van der Waals surface area contributed by atoms with Crippen molar-refractivity contribution in [1.82, 2.24) is 25.0 Å². The molecule has 4 heterocycles. The molecule has 0 saturated carbocycles. The average Bonchev–Trinajstić information content (AvgIpc) is 3.45. The summed E-state index contributed by atoms with van der Waals surface area (Å²) in [6.07, 6.45) is -2.42. The fourth-order valence-electron chi connectivity index (χ4n) is 5.81. The lowest BCUT2D eigenvalue weighted by Crippen LogP contribution is -2.48.